The number of piperidine rings is 1. The highest BCUT2D eigenvalue weighted by molar-refractivity contribution is 5.70. The SMILES string of the molecule is O=C(O)C1CCN(CCNCc2ccc(OC(F)F)cc2OC(F)F)CC1. The highest BCUT2D eigenvalue weighted by atomic mass is 19.3. The summed E-state index contributed by atoms with van der Waals surface area (Å²) in [4.78, 5) is 13.1. The summed E-state index contributed by atoms with van der Waals surface area (Å²) in [6.45, 7) is -3.30. The van der Waals surface area contributed by atoms with Crippen molar-refractivity contribution >= 4 is 5.97 Å². The lowest BCUT2D eigenvalue weighted by atomic mass is 9.97. The third-order valence-electron chi connectivity index (χ3n) is 4.34. The molecule has 0 unspecified atom stereocenters. The standard InChI is InChI=1S/C17H22F4N2O4/c18-16(19)26-13-2-1-12(14(9-13)27-17(20)21)10-22-5-8-23-6-3-11(4-7-23)15(24)25/h1-2,9,11,16-17,22H,3-8,10H2,(H,24,25). The molecule has 0 atom stereocenters. The van der Waals surface area contributed by atoms with Crippen LogP contribution in [0.1, 0.15) is 18.4 Å². The van der Waals surface area contributed by atoms with Crippen LogP contribution in [0.3, 0.4) is 0 Å². The maximum Gasteiger partial charge on any atom is 0.387 e. The first kappa shape index (κ1) is 21.2. The zero-order valence-electron chi connectivity index (χ0n) is 14.5. The number of rotatable bonds is 10. The second-order valence-electron chi connectivity index (χ2n) is 6.16. The summed E-state index contributed by atoms with van der Waals surface area (Å²) in [5.41, 5.74) is 0.390. The molecule has 1 saturated heterocycles. The zero-order chi connectivity index (χ0) is 19.8. The molecule has 0 aliphatic carbocycles. The van der Waals surface area contributed by atoms with Gasteiger partial charge in [-0.1, -0.05) is 6.07 Å². The number of aliphatic carboxylic acids is 1. The molecule has 0 amide bonds. The lowest BCUT2D eigenvalue weighted by molar-refractivity contribution is -0.143. The van der Waals surface area contributed by atoms with E-state index < -0.39 is 19.2 Å². The fraction of sp³-hybridized carbons (Fsp3) is 0.588. The van der Waals surface area contributed by atoms with Crippen molar-refractivity contribution in [1.82, 2.24) is 10.2 Å². The minimum absolute atomic E-state index is 0.211. The van der Waals surface area contributed by atoms with E-state index in [9.17, 15) is 22.4 Å². The fourth-order valence-electron chi connectivity index (χ4n) is 2.93. The number of likely N-dealkylation sites (tertiary alicyclic amines) is 1. The Morgan fingerprint density at radius 1 is 1.19 bits per heavy atom. The molecule has 1 aromatic rings. The summed E-state index contributed by atoms with van der Waals surface area (Å²) in [5, 5.41) is 12.1. The van der Waals surface area contributed by atoms with Gasteiger partial charge in [-0.05, 0) is 32.0 Å². The molecule has 0 bridgehead atoms. The number of halogens is 4. The summed E-state index contributed by atoms with van der Waals surface area (Å²) in [5.74, 6) is -1.54. The van der Waals surface area contributed by atoms with Crippen molar-refractivity contribution < 1.29 is 36.9 Å². The highest BCUT2D eigenvalue weighted by Gasteiger charge is 2.24. The average molecular weight is 394 g/mol. The predicted molar refractivity (Wildman–Crippen MR) is 88.2 cm³/mol. The molecule has 0 radical (unpaired) electrons. The largest absolute Gasteiger partial charge is 0.481 e. The van der Waals surface area contributed by atoms with E-state index in [1.54, 1.807) is 0 Å². The zero-order valence-corrected chi connectivity index (χ0v) is 14.5. The van der Waals surface area contributed by atoms with E-state index in [1.807, 2.05) is 0 Å². The molecule has 10 heteroatoms. The molecule has 2 N–H and O–H groups in total. The molecule has 0 spiro atoms. The van der Waals surface area contributed by atoms with E-state index >= 15 is 0 Å². The number of benzene rings is 1. The smallest absolute Gasteiger partial charge is 0.387 e. The van der Waals surface area contributed by atoms with Crippen molar-refractivity contribution in [2.45, 2.75) is 32.6 Å². The van der Waals surface area contributed by atoms with Crippen molar-refractivity contribution in [3.05, 3.63) is 23.8 Å². The molecule has 1 aliphatic heterocycles. The van der Waals surface area contributed by atoms with Gasteiger partial charge in [0.05, 0.1) is 5.92 Å². The maximum absolute atomic E-state index is 12.5. The van der Waals surface area contributed by atoms with Crippen molar-refractivity contribution in [1.29, 1.82) is 0 Å². The molecule has 0 saturated carbocycles. The lowest BCUT2D eigenvalue weighted by Gasteiger charge is -2.30. The minimum atomic E-state index is -3.08. The highest BCUT2D eigenvalue weighted by Crippen LogP contribution is 2.27. The normalized spacial score (nSPS) is 16.1. The van der Waals surface area contributed by atoms with Crippen LogP contribution in [-0.4, -0.2) is 55.4 Å². The summed E-state index contributed by atoms with van der Waals surface area (Å²) in [6, 6.07) is 3.66. The van der Waals surface area contributed by atoms with Crippen LogP contribution in [-0.2, 0) is 11.3 Å². The van der Waals surface area contributed by atoms with E-state index in [0.717, 1.165) is 6.07 Å². The number of hydrogen-bond donors (Lipinski definition) is 2. The van der Waals surface area contributed by atoms with E-state index in [-0.39, 0.29) is 24.0 Å². The van der Waals surface area contributed by atoms with Gasteiger partial charge >= 0.3 is 19.2 Å². The van der Waals surface area contributed by atoms with Gasteiger partial charge in [-0.3, -0.25) is 4.79 Å². The van der Waals surface area contributed by atoms with Crippen LogP contribution >= 0.6 is 0 Å². The molecule has 6 nitrogen and oxygen atoms in total. The molecule has 152 valence electrons. The Morgan fingerprint density at radius 3 is 2.44 bits per heavy atom. The Kier molecular flexibility index (Phi) is 8.11. The van der Waals surface area contributed by atoms with Gasteiger partial charge in [-0.15, -0.1) is 0 Å². The van der Waals surface area contributed by atoms with Gasteiger partial charge in [0, 0.05) is 31.3 Å². The average Bonchev–Trinajstić information content (AvgIpc) is 2.59. The summed E-state index contributed by atoms with van der Waals surface area (Å²) in [6.07, 6.45) is 1.21. The molecule has 0 aromatic heterocycles. The second-order valence-corrected chi connectivity index (χ2v) is 6.16. The Labute approximate surface area is 154 Å². The van der Waals surface area contributed by atoms with Gasteiger partial charge in [-0.25, -0.2) is 0 Å². The number of carbonyl (C=O) groups is 1. The number of carboxylic acid groups (broad SMARTS) is 1. The van der Waals surface area contributed by atoms with E-state index in [2.05, 4.69) is 19.7 Å². The van der Waals surface area contributed by atoms with Crippen LogP contribution in [0.25, 0.3) is 0 Å². The van der Waals surface area contributed by atoms with E-state index in [4.69, 9.17) is 5.11 Å². The minimum Gasteiger partial charge on any atom is -0.481 e. The molecule has 1 aliphatic rings. The van der Waals surface area contributed by atoms with Crippen LogP contribution in [0.15, 0.2) is 18.2 Å². The Hall–Kier alpha value is -2.07. The van der Waals surface area contributed by atoms with Gasteiger partial charge in [0.25, 0.3) is 0 Å². The molecule has 2 rings (SSSR count). The number of alkyl halides is 4. The first-order valence-electron chi connectivity index (χ1n) is 8.53. The van der Waals surface area contributed by atoms with E-state index in [0.29, 0.717) is 44.6 Å². The molecule has 1 aromatic carbocycles. The lowest BCUT2D eigenvalue weighted by Crippen LogP contribution is -2.39. The number of nitrogens with one attached hydrogen (secondary N) is 1. The Bertz CT molecular complexity index is 611. The molecular formula is C17H22F4N2O4. The van der Waals surface area contributed by atoms with Crippen molar-refractivity contribution in [3.63, 3.8) is 0 Å². The molecule has 1 heterocycles. The molecular weight excluding hydrogens is 372 g/mol. The number of carboxylic acids is 1. The first-order valence-corrected chi connectivity index (χ1v) is 8.53. The third-order valence-corrected chi connectivity index (χ3v) is 4.34. The second kappa shape index (κ2) is 10.3. The fourth-order valence-corrected chi connectivity index (χ4v) is 2.93. The van der Waals surface area contributed by atoms with Crippen molar-refractivity contribution in [2.75, 3.05) is 26.2 Å². The van der Waals surface area contributed by atoms with Gasteiger partial charge in [0.1, 0.15) is 11.5 Å². The summed E-state index contributed by atoms with van der Waals surface area (Å²) < 4.78 is 58.1. The maximum atomic E-state index is 12.5. The predicted octanol–water partition coefficient (Wildman–Crippen LogP) is 2.78. The number of nitrogens with zero attached hydrogens (tertiary/aromatic N) is 1. The Balaban J connectivity index is 1.81. The quantitative estimate of drug-likeness (QED) is 0.470. The van der Waals surface area contributed by atoms with Crippen LogP contribution in [0.2, 0.25) is 0 Å². The van der Waals surface area contributed by atoms with Crippen molar-refractivity contribution in [2.24, 2.45) is 5.92 Å². The number of ether oxygens (including phenoxy) is 2. The Morgan fingerprint density at radius 2 is 1.85 bits per heavy atom. The van der Waals surface area contributed by atoms with Gasteiger partial charge < -0.3 is 24.8 Å². The van der Waals surface area contributed by atoms with Crippen LogP contribution in [0.5, 0.6) is 11.5 Å². The van der Waals surface area contributed by atoms with Crippen molar-refractivity contribution in [3.8, 4) is 11.5 Å². The molecule has 1 fully saturated rings. The summed E-state index contributed by atoms with van der Waals surface area (Å²) >= 11 is 0. The van der Waals surface area contributed by atoms with Crippen LogP contribution < -0.4 is 14.8 Å². The van der Waals surface area contributed by atoms with Gasteiger partial charge in [0.2, 0.25) is 0 Å². The van der Waals surface area contributed by atoms with Crippen LogP contribution in [0.4, 0.5) is 17.6 Å². The van der Waals surface area contributed by atoms with Gasteiger partial charge in [0.15, 0.2) is 0 Å². The summed E-state index contributed by atoms with van der Waals surface area (Å²) in [7, 11) is 0. The molecule has 27 heavy (non-hydrogen) atoms. The third kappa shape index (κ3) is 7.22. The first-order chi connectivity index (χ1) is 12.8. The van der Waals surface area contributed by atoms with Crippen LogP contribution in [0, 0.1) is 5.92 Å². The van der Waals surface area contributed by atoms with Gasteiger partial charge in [-0.2, -0.15) is 17.6 Å². The van der Waals surface area contributed by atoms with E-state index in [1.165, 1.54) is 12.1 Å². The number of hydrogen-bond acceptors (Lipinski definition) is 5. The monoisotopic (exact) mass is 394 g/mol. The topological polar surface area (TPSA) is 71.0 Å².